The van der Waals surface area contributed by atoms with Crippen molar-refractivity contribution < 1.29 is 0 Å². The minimum atomic E-state index is -1.73. The fraction of sp³-hybridized carbons (Fsp3) is 0.318. The summed E-state index contributed by atoms with van der Waals surface area (Å²) in [6.07, 6.45) is 2.01. The molecule has 0 unspecified atom stereocenters. The molecule has 4 rings (SSSR count). The number of nitrogens with zero attached hydrogens (tertiary/aromatic N) is 4. The Labute approximate surface area is 191 Å². The minimum Gasteiger partial charge on any atom is -0.351 e. The summed E-state index contributed by atoms with van der Waals surface area (Å²) in [6, 6.07) is 18.5. The zero-order valence-corrected chi connectivity index (χ0v) is 18.8. The van der Waals surface area contributed by atoms with Crippen molar-refractivity contribution in [1.29, 1.82) is 0 Å². The Hall–Kier alpha value is -1.92. The zero-order chi connectivity index (χ0) is 21.1. The maximum atomic E-state index is 6.10. The van der Waals surface area contributed by atoms with Crippen molar-refractivity contribution in [2.45, 2.75) is 22.7 Å². The van der Waals surface area contributed by atoms with Gasteiger partial charge in [0.15, 0.2) is 11.6 Å². The quantitative estimate of drug-likeness (QED) is 0.516. The van der Waals surface area contributed by atoms with Gasteiger partial charge in [-0.2, -0.15) is 9.97 Å². The molecule has 1 N–H and O–H groups in total. The average molecular weight is 463 g/mol. The number of benzene rings is 2. The first-order valence-electron chi connectivity index (χ1n) is 9.83. The Morgan fingerprint density at radius 1 is 0.833 bits per heavy atom. The lowest BCUT2D eigenvalue weighted by atomic mass is 10.0. The summed E-state index contributed by atoms with van der Waals surface area (Å²) >= 11 is 18.3. The van der Waals surface area contributed by atoms with Crippen molar-refractivity contribution >= 4 is 40.8 Å². The molecule has 8 heteroatoms. The van der Waals surface area contributed by atoms with Crippen LogP contribution in [-0.2, 0) is 3.79 Å². The van der Waals surface area contributed by atoms with Gasteiger partial charge in [0.05, 0.1) is 0 Å². The summed E-state index contributed by atoms with van der Waals surface area (Å²) in [6.45, 7) is 2.04. The van der Waals surface area contributed by atoms with E-state index in [9.17, 15) is 0 Å². The van der Waals surface area contributed by atoms with Crippen molar-refractivity contribution in [2.24, 2.45) is 0 Å². The Balaban J connectivity index is 1.63. The summed E-state index contributed by atoms with van der Waals surface area (Å²) in [5.74, 6) is 1.02. The van der Waals surface area contributed by atoms with Gasteiger partial charge in [-0.3, -0.25) is 0 Å². The van der Waals surface area contributed by atoms with Crippen LogP contribution in [0.25, 0.3) is 22.5 Å². The molecular formula is C22H22Cl3N5. The molecule has 0 bridgehead atoms. The molecule has 3 aromatic rings. The number of piperidine rings is 1. The summed E-state index contributed by atoms with van der Waals surface area (Å²) < 4.78 is -1.73. The van der Waals surface area contributed by atoms with Crippen LogP contribution in [0.4, 0.5) is 5.95 Å². The summed E-state index contributed by atoms with van der Waals surface area (Å²) in [4.78, 5) is 15.7. The van der Waals surface area contributed by atoms with Crippen LogP contribution < -0.4 is 5.32 Å². The number of anilines is 1. The van der Waals surface area contributed by atoms with E-state index < -0.39 is 3.79 Å². The third kappa shape index (κ3) is 5.22. The van der Waals surface area contributed by atoms with E-state index in [0.29, 0.717) is 11.8 Å². The molecule has 1 fully saturated rings. The van der Waals surface area contributed by atoms with Gasteiger partial charge in [0.1, 0.15) is 0 Å². The van der Waals surface area contributed by atoms with E-state index in [2.05, 4.69) is 44.3 Å². The topological polar surface area (TPSA) is 53.9 Å². The molecule has 30 heavy (non-hydrogen) atoms. The lowest BCUT2D eigenvalue weighted by Crippen LogP contribution is -2.37. The summed E-state index contributed by atoms with van der Waals surface area (Å²) in [7, 11) is 2.12. The molecule has 2 aromatic carbocycles. The molecule has 1 aliphatic rings. The lowest BCUT2D eigenvalue weighted by Gasteiger charge is -2.29. The summed E-state index contributed by atoms with van der Waals surface area (Å²) in [5, 5.41) is 3.40. The van der Waals surface area contributed by atoms with Gasteiger partial charge in [0.25, 0.3) is 0 Å². The maximum absolute atomic E-state index is 6.10. The first kappa shape index (κ1) is 21.3. The van der Waals surface area contributed by atoms with E-state index in [1.54, 1.807) is 0 Å². The Morgan fingerprint density at radius 2 is 1.43 bits per heavy atom. The van der Waals surface area contributed by atoms with E-state index in [4.69, 9.17) is 34.8 Å². The standard InChI is InChI=1S/C22H22Cl3N5/c1-30-13-11-18(12-14-30)26-21-28-19(27-20(29-21)22(23,24)25)17-9-7-16(8-10-17)15-5-3-2-4-6-15/h2-10,18H,11-14H2,1H3,(H,26,27,28,29). The van der Waals surface area contributed by atoms with Crippen molar-refractivity contribution in [2.75, 3.05) is 25.5 Å². The number of likely N-dealkylation sites (tertiary alicyclic amines) is 1. The molecule has 0 atom stereocenters. The molecule has 0 saturated carbocycles. The second-order valence-electron chi connectivity index (χ2n) is 7.47. The van der Waals surface area contributed by atoms with E-state index in [-0.39, 0.29) is 11.9 Å². The molecule has 1 aromatic heterocycles. The van der Waals surface area contributed by atoms with Gasteiger partial charge in [0, 0.05) is 11.6 Å². The Bertz CT molecular complexity index is 982. The first-order valence-corrected chi connectivity index (χ1v) is 11.0. The molecule has 156 valence electrons. The fourth-order valence-electron chi connectivity index (χ4n) is 3.47. The largest absolute Gasteiger partial charge is 0.351 e. The third-order valence-electron chi connectivity index (χ3n) is 5.19. The van der Waals surface area contributed by atoms with Gasteiger partial charge in [-0.25, -0.2) is 4.98 Å². The predicted octanol–water partition coefficient (Wildman–Crippen LogP) is 5.54. The number of hydrogen-bond acceptors (Lipinski definition) is 5. The second-order valence-corrected chi connectivity index (χ2v) is 9.75. The fourth-order valence-corrected chi connectivity index (χ4v) is 3.73. The van der Waals surface area contributed by atoms with Crippen LogP contribution in [-0.4, -0.2) is 46.0 Å². The lowest BCUT2D eigenvalue weighted by molar-refractivity contribution is 0.263. The highest BCUT2D eigenvalue weighted by Gasteiger charge is 2.29. The van der Waals surface area contributed by atoms with E-state index in [1.807, 2.05) is 42.5 Å². The van der Waals surface area contributed by atoms with Gasteiger partial charge < -0.3 is 10.2 Å². The summed E-state index contributed by atoms with van der Waals surface area (Å²) in [5.41, 5.74) is 3.09. The second kappa shape index (κ2) is 9.06. The van der Waals surface area contributed by atoms with Gasteiger partial charge in [0.2, 0.25) is 9.74 Å². The minimum absolute atomic E-state index is 0.111. The number of hydrogen-bond donors (Lipinski definition) is 1. The number of alkyl halides is 3. The van der Waals surface area contributed by atoms with Crippen LogP contribution in [0.3, 0.4) is 0 Å². The van der Waals surface area contributed by atoms with E-state index >= 15 is 0 Å². The average Bonchev–Trinajstić information content (AvgIpc) is 2.75. The van der Waals surface area contributed by atoms with Gasteiger partial charge in [-0.1, -0.05) is 89.4 Å². The Kier molecular flexibility index (Phi) is 6.44. The molecule has 1 saturated heterocycles. The van der Waals surface area contributed by atoms with E-state index in [0.717, 1.165) is 42.6 Å². The number of nitrogens with one attached hydrogen (secondary N) is 1. The molecule has 1 aliphatic heterocycles. The van der Waals surface area contributed by atoms with Crippen molar-refractivity contribution in [1.82, 2.24) is 19.9 Å². The highest BCUT2D eigenvalue weighted by atomic mass is 35.6. The number of rotatable bonds is 4. The van der Waals surface area contributed by atoms with E-state index in [1.165, 1.54) is 0 Å². The normalized spacial score (nSPS) is 15.9. The number of aromatic nitrogens is 3. The first-order chi connectivity index (χ1) is 14.4. The van der Waals surface area contributed by atoms with Crippen LogP contribution in [0, 0.1) is 0 Å². The highest BCUT2D eigenvalue weighted by molar-refractivity contribution is 6.66. The van der Waals surface area contributed by atoms with Crippen LogP contribution in [0.5, 0.6) is 0 Å². The zero-order valence-electron chi connectivity index (χ0n) is 16.5. The molecular weight excluding hydrogens is 441 g/mol. The SMILES string of the molecule is CN1CCC(Nc2nc(-c3ccc(-c4ccccc4)cc3)nc(C(Cl)(Cl)Cl)n2)CC1. The molecule has 0 amide bonds. The molecule has 2 heterocycles. The molecule has 0 spiro atoms. The molecule has 0 radical (unpaired) electrons. The Morgan fingerprint density at radius 3 is 2.07 bits per heavy atom. The predicted molar refractivity (Wildman–Crippen MR) is 124 cm³/mol. The molecule has 5 nitrogen and oxygen atoms in total. The highest BCUT2D eigenvalue weighted by Crippen LogP contribution is 2.37. The van der Waals surface area contributed by atoms with Crippen molar-refractivity contribution in [3.8, 4) is 22.5 Å². The van der Waals surface area contributed by atoms with Crippen LogP contribution >= 0.6 is 34.8 Å². The van der Waals surface area contributed by atoms with Crippen LogP contribution in [0.1, 0.15) is 18.7 Å². The smallest absolute Gasteiger partial charge is 0.250 e. The van der Waals surface area contributed by atoms with Crippen LogP contribution in [0.15, 0.2) is 54.6 Å². The van der Waals surface area contributed by atoms with Crippen LogP contribution in [0.2, 0.25) is 0 Å². The van der Waals surface area contributed by atoms with Gasteiger partial charge >= 0.3 is 0 Å². The van der Waals surface area contributed by atoms with Gasteiger partial charge in [-0.05, 0) is 44.1 Å². The van der Waals surface area contributed by atoms with Gasteiger partial charge in [-0.15, -0.1) is 0 Å². The van der Waals surface area contributed by atoms with Crippen molar-refractivity contribution in [3.63, 3.8) is 0 Å². The number of halogens is 3. The third-order valence-corrected chi connectivity index (χ3v) is 5.70. The van der Waals surface area contributed by atoms with Crippen molar-refractivity contribution in [3.05, 3.63) is 60.4 Å². The monoisotopic (exact) mass is 461 g/mol. The maximum Gasteiger partial charge on any atom is 0.250 e. The molecule has 0 aliphatic carbocycles.